The van der Waals surface area contributed by atoms with Gasteiger partial charge >= 0.3 is 0 Å². The number of aromatic nitrogens is 3. The SMILES string of the molecule is O=C(CCCn1nc(-c2ccncc2)ccc1=O)Nc1cccc(Br)c1. The second-order valence-corrected chi connectivity index (χ2v) is 6.59. The van der Waals surface area contributed by atoms with Crippen LogP contribution in [0.25, 0.3) is 11.3 Å². The second kappa shape index (κ2) is 8.53. The fourth-order valence-electron chi connectivity index (χ4n) is 2.46. The number of hydrogen-bond acceptors (Lipinski definition) is 4. The Kier molecular flexibility index (Phi) is 5.91. The molecule has 7 heteroatoms. The molecule has 0 radical (unpaired) electrons. The van der Waals surface area contributed by atoms with E-state index < -0.39 is 0 Å². The summed E-state index contributed by atoms with van der Waals surface area (Å²) in [5, 5.41) is 7.21. The fourth-order valence-corrected chi connectivity index (χ4v) is 2.86. The van der Waals surface area contributed by atoms with E-state index >= 15 is 0 Å². The highest BCUT2D eigenvalue weighted by molar-refractivity contribution is 9.10. The molecule has 0 aliphatic heterocycles. The molecule has 0 aliphatic rings. The van der Waals surface area contributed by atoms with E-state index in [4.69, 9.17) is 0 Å². The van der Waals surface area contributed by atoms with E-state index in [1.807, 2.05) is 36.4 Å². The van der Waals surface area contributed by atoms with Crippen LogP contribution in [0.2, 0.25) is 0 Å². The Morgan fingerprint density at radius 1 is 1.12 bits per heavy atom. The molecule has 0 aliphatic carbocycles. The maximum absolute atomic E-state index is 12.0. The van der Waals surface area contributed by atoms with Crippen LogP contribution >= 0.6 is 15.9 Å². The largest absolute Gasteiger partial charge is 0.326 e. The molecule has 0 saturated heterocycles. The summed E-state index contributed by atoms with van der Waals surface area (Å²) in [5.41, 5.74) is 2.14. The Morgan fingerprint density at radius 3 is 2.69 bits per heavy atom. The minimum absolute atomic E-state index is 0.0959. The zero-order valence-electron chi connectivity index (χ0n) is 13.9. The van der Waals surface area contributed by atoms with Gasteiger partial charge in [0.1, 0.15) is 0 Å². The number of benzene rings is 1. The molecule has 0 atom stereocenters. The van der Waals surface area contributed by atoms with E-state index in [2.05, 4.69) is 31.3 Å². The monoisotopic (exact) mass is 412 g/mol. The maximum Gasteiger partial charge on any atom is 0.266 e. The van der Waals surface area contributed by atoms with Crippen molar-refractivity contribution in [3.63, 3.8) is 0 Å². The van der Waals surface area contributed by atoms with Crippen molar-refractivity contribution < 1.29 is 4.79 Å². The lowest BCUT2D eigenvalue weighted by Crippen LogP contribution is -2.23. The van der Waals surface area contributed by atoms with E-state index in [1.165, 1.54) is 10.7 Å². The van der Waals surface area contributed by atoms with E-state index in [1.54, 1.807) is 18.5 Å². The van der Waals surface area contributed by atoms with Crippen molar-refractivity contribution in [1.29, 1.82) is 0 Å². The van der Waals surface area contributed by atoms with Crippen molar-refractivity contribution in [3.8, 4) is 11.3 Å². The van der Waals surface area contributed by atoms with Crippen LogP contribution in [0.15, 0.2) is 70.2 Å². The summed E-state index contributed by atoms with van der Waals surface area (Å²) < 4.78 is 2.29. The third kappa shape index (κ3) is 4.86. The maximum atomic E-state index is 12.0. The van der Waals surface area contributed by atoms with Crippen LogP contribution in [0.3, 0.4) is 0 Å². The molecule has 132 valence electrons. The molecule has 0 bridgehead atoms. The molecule has 3 aromatic rings. The first-order valence-corrected chi connectivity index (χ1v) is 8.95. The van der Waals surface area contributed by atoms with Gasteiger partial charge in [0.25, 0.3) is 5.56 Å². The molecule has 0 unspecified atom stereocenters. The van der Waals surface area contributed by atoms with Gasteiger partial charge in [0.05, 0.1) is 5.69 Å². The number of anilines is 1. The predicted molar refractivity (Wildman–Crippen MR) is 104 cm³/mol. The van der Waals surface area contributed by atoms with Crippen LogP contribution in [-0.2, 0) is 11.3 Å². The second-order valence-electron chi connectivity index (χ2n) is 5.68. The minimum atomic E-state index is -0.185. The van der Waals surface area contributed by atoms with Crippen LogP contribution in [0.1, 0.15) is 12.8 Å². The molecule has 0 saturated carbocycles. The van der Waals surface area contributed by atoms with Crippen molar-refractivity contribution in [2.24, 2.45) is 0 Å². The lowest BCUT2D eigenvalue weighted by Gasteiger charge is -2.08. The van der Waals surface area contributed by atoms with Gasteiger partial charge < -0.3 is 5.32 Å². The topological polar surface area (TPSA) is 76.9 Å². The van der Waals surface area contributed by atoms with Gasteiger partial charge in [0.2, 0.25) is 5.91 Å². The summed E-state index contributed by atoms with van der Waals surface area (Å²) in [6.45, 7) is 0.379. The van der Waals surface area contributed by atoms with E-state index in [0.29, 0.717) is 25.1 Å². The zero-order valence-corrected chi connectivity index (χ0v) is 15.5. The number of carbonyl (C=O) groups is 1. The van der Waals surface area contributed by atoms with Crippen molar-refractivity contribution in [2.45, 2.75) is 19.4 Å². The molecule has 6 nitrogen and oxygen atoms in total. The third-order valence-electron chi connectivity index (χ3n) is 3.72. The van der Waals surface area contributed by atoms with Gasteiger partial charge in [0.15, 0.2) is 0 Å². The lowest BCUT2D eigenvalue weighted by atomic mass is 10.2. The molecule has 0 fully saturated rings. The zero-order chi connectivity index (χ0) is 18.4. The molecule has 1 amide bonds. The highest BCUT2D eigenvalue weighted by Crippen LogP contribution is 2.16. The lowest BCUT2D eigenvalue weighted by molar-refractivity contribution is -0.116. The highest BCUT2D eigenvalue weighted by Gasteiger charge is 2.06. The Balaban J connectivity index is 1.59. The molecule has 1 N–H and O–H groups in total. The number of aryl methyl sites for hydroxylation is 1. The highest BCUT2D eigenvalue weighted by atomic mass is 79.9. The van der Waals surface area contributed by atoms with Gasteiger partial charge in [0, 0.05) is 47.1 Å². The summed E-state index contributed by atoms with van der Waals surface area (Å²) in [4.78, 5) is 28.0. The molecule has 26 heavy (non-hydrogen) atoms. The average Bonchev–Trinajstić information content (AvgIpc) is 2.64. The molecule has 2 aromatic heterocycles. The quantitative estimate of drug-likeness (QED) is 0.671. The molecular formula is C19H17BrN4O2. The van der Waals surface area contributed by atoms with Crippen molar-refractivity contribution in [3.05, 3.63) is 75.8 Å². The molecule has 3 rings (SSSR count). The number of halogens is 1. The third-order valence-corrected chi connectivity index (χ3v) is 4.22. The normalized spacial score (nSPS) is 10.5. The average molecular weight is 413 g/mol. The number of hydrogen-bond donors (Lipinski definition) is 1. The van der Waals surface area contributed by atoms with Crippen LogP contribution in [0.5, 0.6) is 0 Å². The van der Waals surface area contributed by atoms with Crippen molar-refractivity contribution in [2.75, 3.05) is 5.32 Å². The first-order valence-electron chi connectivity index (χ1n) is 8.16. The van der Waals surface area contributed by atoms with E-state index in [9.17, 15) is 9.59 Å². The smallest absolute Gasteiger partial charge is 0.266 e. The van der Waals surface area contributed by atoms with Crippen LogP contribution in [0.4, 0.5) is 5.69 Å². The van der Waals surface area contributed by atoms with E-state index in [-0.39, 0.29) is 11.5 Å². The van der Waals surface area contributed by atoms with Gasteiger partial charge in [-0.05, 0) is 42.8 Å². The Bertz CT molecular complexity index is 957. The summed E-state index contributed by atoms with van der Waals surface area (Å²) >= 11 is 3.37. The molecule has 1 aromatic carbocycles. The number of amides is 1. The van der Waals surface area contributed by atoms with Crippen LogP contribution < -0.4 is 10.9 Å². The van der Waals surface area contributed by atoms with Gasteiger partial charge in [-0.3, -0.25) is 14.6 Å². The Hall–Kier alpha value is -2.80. The number of pyridine rings is 1. The van der Waals surface area contributed by atoms with Crippen molar-refractivity contribution in [1.82, 2.24) is 14.8 Å². The Labute approximate surface area is 159 Å². The standard InChI is InChI=1S/C19H17BrN4O2/c20-15-3-1-4-16(13-15)22-18(25)5-2-12-24-19(26)7-6-17(23-24)14-8-10-21-11-9-14/h1,3-4,6-11,13H,2,5,12H2,(H,22,25). The van der Waals surface area contributed by atoms with Gasteiger partial charge in [-0.15, -0.1) is 0 Å². The minimum Gasteiger partial charge on any atom is -0.326 e. The van der Waals surface area contributed by atoms with Gasteiger partial charge in [-0.25, -0.2) is 4.68 Å². The van der Waals surface area contributed by atoms with E-state index in [0.717, 1.165) is 15.7 Å². The summed E-state index contributed by atoms with van der Waals surface area (Å²) in [6, 6.07) is 14.3. The number of nitrogens with zero attached hydrogens (tertiary/aromatic N) is 3. The summed E-state index contributed by atoms with van der Waals surface area (Å²) in [7, 11) is 0. The van der Waals surface area contributed by atoms with Crippen LogP contribution in [0, 0.1) is 0 Å². The van der Waals surface area contributed by atoms with Gasteiger partial charge in [-0.1, -0.05) is 22.0 Å². The van der Waals surface area contributed by atoms with Gasteiger partial charge in [-0.2, -0.15) is 5.10 Å². The molecule has 0 spiro atoms. The first kappa shape index (κ1) is 18.0. The van der Waals surface area contributed by atoms with Crippen LogP contribution in [-0.4, -0.2) is 20.7 Å². The molecule has 2 heterocycles. The molecular weight excluding hydrogens is 396 g/mol. The number of carbonyl (C=O) groups excluding carboxylic acids is 1. The first-order chi connectivity index (χ1) is 12.6. The number of rotatable bonds is 6. The summed E-state index contributed by atoms with van der Waals surface area (Å²) in [5.74, 6) is -0.0959. The Morgan fingerprint density at radius 2 is 1.92 bits per heavy atom. The fraction of sp³-hybridized carbons (Fsp3) is 0.158. The summed E-state index contributed by atoms with van der Waals surface area (Å²) in [6.07, 6.45) is 4.18. The predicted octanol–water partition coefficient (Wildman–Crippen LogP) is 3.49. The number of nitrogens with one attached hydrogen (secondary N) is 1. The van der Waals surface area contributed by atoms with Crippen molar-refractivity contribution >= 4 is 27.5 Å².